The molecule has 0 radical (unpaired) electrons. The van der Waals surface area contributed by atoms with Gasteiger partial charge >= 0.3 is 5.97 Å². The van der Waals surface area contributed by atoms with E-state index in [0.717, 1.165) is 44.9 Å². The topological polar surface area (TPSA) is 63.6 Å². The summed E-state index contributed by atoms with van der Waals surface area (Å²) in [6.07, 6.45) is 12.3. The minimum absolute atomic E-state index is 0.0438. The Balaban J connectivity index is 1.65. The minimum Gasteiger partial charge on any atom is -0.462 e. The van der Waals surface area contributed by atoms with Gasteiger partial charge in [-0.25, -0.2) is 0 Å². The summed E-state index contributed by atoms with van der Waals surface area (Å²) in [5, 5.41) is 11.8. The molecule has 0 aromatic carbocycles. The Morgan fingerprint density at radius 1 is 1.18 bits per heavy atom. The molecule has 3 saturated carbocycles. The summed E-state index contributed by atoms with van der Waals surface area (Å²) in [5.74, 6) is 1.59. The van der Waals surface area contributed by atoms with Gasteiger partial charge in [0, 0.05) is 19.3 Å². The fourth-order valence-corrected chi connectivity index (χ4v) is 8.80. The van der Waals surface area contributed by atoms with Crippen molar-refractivity contribution in [2.45, 2.75) is 111 Å². The van der Waals surface area contributed by atoms with Gasteiger partial charge in [0.1, 0.15) is 6.10 Å². The minimum atomic E-state index is -0.886. The predicted octanol–water partition coefficient (Wildman–Crippen LogP) is 6.17. The first-order chi connectivity index (χ1) is 15.4. The van der Waals surface area contributed by atoms with Gasteiger partial charge in [-0.1, -0.05) is 31.1 Å². The number of ketones is 1. The molecular formula is C29H44O4. The number of carbonyl (C=O) groups excluding carboxylic acids is 2. The molecule has 0 aliphatic heterocycles. The van der Waals surface area contributed by atoms with Crippen molar-refractivity contribution in [3.63, 3.8) is 0 Å². The van der Waals surface area contributed by atoms with Crippen LogP contribution in [0.5, 0.6) is 0 Å². The van der Waals surface area contributed by atoms with Crippen LogP contribution in [-0.2, 0) is 14.3 Å². The molecule has 184 valence electrons. The molecule has 8 atom stereocenters. The Labute approximate surface area is 200 Å². The first kappa shape index (κ1) is 24.7. The molecular weight excluding hydrogens is 412 g/mol. The summed E-state index contributed by atoms with van der Waals surface area (Å²) in [5.41, 5.74) is 1.84. The Morgan fingerprint density at radius 2 is 1.91 bits per heavy atom. The summed E-state index contributed by atoms with van der Waals surface area (Å²) < 4.78 is 5.95. The molecule has 0 aromatic heterocycles. The number of carbonyl (C=O) groups is 2. The summed E-state index contributed by atoms with van der Waals surface area (Å²) in [6, 6.07) is 0. The van der Waals surface area contributed by atoms with Crippen molar-refractivity contribution in [1.82, 2.24) is 0 Å². The maximum atomic E-state index is 12.1. The van der Waals surface area contributed by atoms with Crippen molar-refractivity contribution >= 4 is 11.8 Å². The second-order valence-corrected chi connectivity index (χ2v) is 12.6. The Hall–Kier alpha value is -1.42. The Morgan fingerprint density at radius 3 is 2.58 bits per heavy atom. The van der Waals surface area contributed by atoms with Gasteiger partial charge in [-0.15, -0.1) is 0 Å². The molecule has 3 unspecified atom stereocenters. The highest BCUT2D eigenvalue weighted by molar-refractivity contribution is 5.91. The number of hydrogen-bond donors (Lipinski definition) is 1. The summed E-state index contributed by atoms with van der Waals surface area (Å²) in [6.45, 7) is 12.4. The van der Waals surface area contributed by atoms with Crippen molar-refractivity contribution in [1.29, 1.82) is 0 Å². The Bertz CT molecular complexity index is 863. The van der Waals surface area contributed by atoms with Gasteiger partial charge in [-0.3, -0.25) is 9.59 Å². The van der Waals surface area contributed by atoms with Crippen molar-refractivity contribution in [3.8, 4) is 0 Å². The summed E-state index contributed by atoms with van der Waals surface area (Å²) in [7, 11) is 0. The van der Waals surface area contributed by atoms with Crippen LogP contribution in [0.4, 0.5) is 0 Å². The molecule has 0 amide bonds. The van der Waals surface area contributed by atoms with Crippen LogP contribution in [0.25, 0.3) is 0 Å². The number of ether oxygens (including phenoxy) is 1. The zero-order valence-electron chi connectivity index (χ0n) is 21.6. The standard InChI is InChI=1S/C29H44O4/c1-18(2)8-7-13-29(6,32)26-25(33-19(3)30)17-24-22-10-9-20-16-21(31)11-14-27(20,4)23(22)12-15-28(24,26)5/h8,16,22-26,32H,7,9-15,17H2,1-6H3/t22?,23?,24?,25-,26-,27-,28-,29-/m0/s1. The highest BCUT2D eigenvalue weighted by atomic mass is 16.5. The van der Waals surface area contributed by atoms with Gasteiger partial charge in [-0.2, -0.15) is 0 Å². The zero-order valence-corrected chi connectivity index (χ0v) is 21.6. The highest BCUT2D eigenvalue weighted by Crippen LogP contribution is 2.68. The number of hydrogen-bond acceptors (Lipinski definition) is 4. The van der Waals surface area contributed by atoms with E-state index in [1.54, 1.807) is 0 Å². The largest absolute Gasteiger partial charge is 0.462 e. The highest BCUT2D eigenvalue weighted by Gasteiger charge is 2.65. The summed E-state index contributed by atoms with van der Waals surface area (Å²) in [4.78, 5) is 24.2. The van der Waals surface area contributed by atoms with Gasteiger partial charge in [0.2, 0.25) is 0 Å². The average molecular weight is 457 g/mol. The molecule has 0 heterocycles. The average Bonchev–Trinajstić information content (AvgIpc) is 3.00. The maximum Gasteiger partial charge on any atom is 0.302 e. The second kappa shape index (κ2) is 8.66. The molecule has 3 fully saturated rings. The molecule has 0 bridgehead atoms. The molecule has 33 heavy (non-hydrogen) atoms. The van der Waals surface area contributed by atoms with E-state index in [1.807, 2.05) is 13.0 Å². The van der Waals surface area contributed by atoms with Crippen molar-refractivity contribution in [2.24, 2.45) is 34.5 Å². The van der Waals surface area contributed by atoms with E-state index in [4.69, 9.17) is 4.74 Å². The molecule has 0 spiro atoms. The van der Waals surface area contributed by atoms with Crippen LogP contribution in [0.2, 0.25) is 0 Å². The lowest BCUT2D eigenvalue weighted by Gasteiger charge is -2.58. The second-order valence-electron chi connectivity index (χ2n) is 12.6. The van der Waals surface area contributed by atoms with Crippen LogP contribution in [0.15, 0.2) is 23.3 Å². The molecule has 4 nitrogen and oxygen atoms in total. The molecule has 1 N–H and O–H groups in total. The molecule has 4 aliphatic carbocycles. The number of fused-ring (bicyclic) bond motifs is 5. The van der Waals surface area contributed by atoms with Crippen LogP contribution in [0, 0.1) is 34.5 Å². The van der Waals surface area contributed by atoms with Crippen molar-refractivity contribution in [3.05, 3.63) is 23.3 Å². The van der Waals surface area contributed by atoms with Gasteiger partial charge in [0.25, 0.3) is 0 Å². The van der Waals surface area contributed by atoms with Crippen LogP contribution in [0.1, 0.15) is 99.3 Å². The summed E-state index contributed by atoms with van der Waals surface area (Å²) >= 11 is 0. The fraction of sp³-hybridized carbons (Fsp3) is 0.793. The predicted molar refractivity (Wildman–Crippen MR) is 130 cm³/mol. The third-order valence-electron chi connectivity index (χ3n) is 10.2. The first-order valence-corrected chi connectivity index (χ1v) is 13.2. The first-order valence-electron chi connectivity index (χ1n) is 13.2. The van der Waals surface area contributed by atoms with Gasteiger partial charge in [-0.05, 0) is 107 Å². The lowest BCUT2D eigenvalue weighted by atomic mass is 9.46. The van der Waals surface area contributed by atoms with E-state index in [-0.39, 0.29) is 28.8 Å². The number of allylic oxidation sites excluding steroid dienone is 3. The zero-order chi connectivity index (χ0) is 24.2. The van der Waals surface area contributed by atoms with Crippen LogP contribution >= 0.6 is 0 Å². The van der Waals surface area contributed by atoms with E-state index >= 15 is 0 Å². The quantitative estimate of drug-likeness (QED) is 0.397. The maximum absolute atomic E-state index is 12.1. The molecule has 4 rings (SSSR count). The number of esters is 1. The Kier molecular flexibility index (Phi) is 6.48. The lowest BCUT2D eigenvalue weighted by molar-refractivity contribution is -0.161. The number of rotatable bonds is 5. The van der Waals surface area contributed by atoms with E-state index < -0.39 is 5.60 Å². The normalized spacial score (nSPS) is 41.7. The third-order valence-corrected chi connectivity index (χ3v) is 10.2. The SMILES string of the molecule is CC(=O)O[C@H]1CC2C3CCC4=CC(=O)CC[C@]4(C)C3CC[C@]2(C)[C@H]1[C@@](C)(O)CCC=C(C)C. The smallest absolute Gasteiger partial charge is 0.302 e. The third kappa shape index (κ3) is 4.26. The molecule has 4 heteroatoms. The van der Waals surface area contributed by atoms with Gasteiger partial charge < -0.3 is 9.84 Å². The van der Waals surface area contributed by atoms with E-state index in [2.05, 4.69) is 33.8 Å². The van der Waals surface area contributed by atoms with Crippen molar-refractivity contribution < 1.29 is 19.4 Å². The fourth-order valence-electron chi connectivity index (χ4n) is 8.80. The van der Waals surface area contributed by atoms with Crippen LogP contribution in [-0.4, -0.2) is 28.6 Å². The monoisotopic (exact) mass is 456 g/mol. The van der Waals surface area contributed by atoms with E-state index in [9.17, 15) is 14.7 Å². The van der Waals surface area contributed by atoms with E-state index in [1.165, 1.54) is 18.1 Å². The van der Waals surface area contributed by atoms with Crippen molar-refractivity contribution in [2.75, 3.05) is 0 Å². The molecule has 4 aliphatic rings. The van der Waals surface area contributed by atoms with Gasteiger partial charge in [0.15, 0.2) is 5.78 Å². The van der Waals surface area contributed by atoms with Crippen LogP contribution in [0.3, 0.4) is 0 Å². The molecule has 0 aromatic rings. The number of aliphatic hydroxyl groups is 1. The van der Waals surface area contributed by atoms with E-state index in [0.29, 0.717) is 36.4 Å². The molecule has 0 saturated heterocycles. The van der Waals surface area contributed by atoms with Gasteiger partial charge in [0.05, 0.1) is 5.60 Å². The van der Waals surface area contributed by atoms with Crippen LogP contribution < -0.4 is 0 Å². The lowest BCUT2D eigenvalue weighted by Crippen LogP contribution is -2.54.